The van der Waals surface area contributed by atoms with Crippen LogP contribution < -0.4 is 15.4 Å². The zero-order valence-electron chi connectivity index (χ0n) is 10.2. The van der Waals surface area contributed by atoms with E-state index in [1.54, 1.807) is 6.92 Å². The van der Waals surface area contributed by atoms with Crippen LogP contribution in [0.3, 0.4) is 0 Å². The lowest BCUT2D eigenvalue weighted by Gasteiger charge is -2.49. The molecule has 0 aliphatic carbocycles. The molecule has 5 heteroatoms. The van der Waals surface area contributed by atoms with Crippen LogP contribution in [0.2, 0.25) is 0 Å². The Morgan fingerprint density at radius 1 is 1.39 bits per heavy atom. The summed E-state index contributed by atoms with van der Waals surface area (Å²) < 4.78 is 5.84. The number of rotatable bonds is 1. The second-order valence-corrected chi connectivity index (χ2v) is 4.91. The SMILES string of the molecule is CC(=O)C1C2NC(=O)NC1(C)Oc1ccccc12. The Balaban J connectivity index is 2.17. The molecule has 0 spiro atoms. The highest BCUT2D eigenvalue weighted by Gasteiger charge is 2.54. The van der Waals surface area contributed by atoms with E-state index in [9.17, 15) is 9.59 Å². The molecule has 1 aromatic rings. The molecule has 2 amide bonds. The van der Waals surface area contributed by atoms with Crippen LogP contribution >= 0.6 is 0 Å². The van der Waals surface area contributed by atoms with Gasteiger partial charge in [0.15, 0.2) is 5.72 Å². The van der Waals surface area contributed by atoms with Gasteiger partial charge in [-0.05, 0) is 19.9 Å². The fourth-order valence-electron chi connectivity index (χ4n) is 2.91. The second kappa shape index (κ2) is 3.48. The molecule has 0 saturated carbocycles. The maximum Gasteiger partial charge on any atom is 0.318 e. The maximum absolute atomic E-state index is 11.9. The van der Waals surface area contributed by atoms with Crippen LogP contribution in [0.4, 0.5) is 4.79 Å². The van der Waals surface area contributed by atoms with Crippen LogP contribution in [-0.4, -0.2) is 17.5 Å². The lowest BCUT2D eigenvalue weighted by atomic mass is 9.78. The highest BCUT2D eigenvalue weighted by Crippen LogP contribution is 2.44. The van der Waals surface area contributed by atoms with E-state index >= 15 is 0 Å². The quantitative estimate of drug-likeness (QED) is 0.786. The third kappa shape index (κ3) is 1.40. The van der Waals surface area contributed by atoms with E-state index < -0.39 is 11.6 Å². The minimum Gasteiger partial charge on any atom is -0.467 e. The van der Waals surface area contributed by atoms with Crippen LogP contribution in [-0.2, 0) is 4.79 Å². The van der Waals surface area contributed by atoms with Crippen LogP contribution in [0.1, 0.15) is 25.5 Å². The highest BCUT2D eigenvalue weighted by molar-refractivity contribution is 5.86. The van der Waals surface area contributed by atoms with Gasteiger partial charge in [0.1, 0.15) is 17.5 Å². The zero-order valence-corrected chi connectivity index (χ0v) is 10.2. The summed E-state index contributed by atoms with van der Waals surface area (Å²) in [5.41, 5.74) is -0.127. The van der Waals surface area contributed by atoms with E-state index in [2.05, 4.69) is 10.6 Å². The number of amides is 2. The number of para-hydroxylation sites is 1. The Bertz CT molecular complexity index is 543. The van der Waals surface area contributed by atoms with Crippen LogP contribution in [0, 0.1) is 5.92 Å². The van der Waals surface area contributed by atoms with Crippen LogP contribution in [0.25, 0.3) is 0 Å². The molecule has 1 saturated heterocycles. The number of hydrogen-bond acceptors (Lipinski definition) is 3. The topological polar surface area (TPSA) is 67.4 Å². The van der Waals surface area contributed by atoms with Crippen molar-refractivity contribution in [2.75, 3.05) is 0 Å². The first-order valence-corrected chi connectivity index (χ1v) is 5.88. The maximum atomic E-state index is 11.9. The smallest absolute Gasteiger partial charge is 0.318 e. The summed E-state index contributed by atoms with van der Waals surface area (Å²) in [5.74, 6) is 0.268. The molecule has 94 valence electrons. The molecule has 2 aliphatic rings. The number of Topliss-reactive ketones (excluding diaryl/α,β-unsaturated/α-hetero) is 1. The normalized spacial score (nSPS) is 32.7. The molecule has 3 atom stereocenters. The molecule has 3 rings (SSSR count). The number of fused-ring (bicyclic) bond motifs is 4. The summed E-state index contributed by atoms with van der Waals surface area (Å²) in [6.07, 6.45) is 0. The van der Waals surface area contributed by atoms with Gasteiger partial charge >= 0.3 is 6.03 Å². The average Bonchev–Trinajstić information content (AvgIpc) is 2.26. The number of ether oxygens (including phenoxy) is 1. The highest BCUT2D eigenvalue weighted by atomic mass is 16.5. The molecule has 1 aromatic carbocycles. The van der Waals surface area contributed by atoms with Crippen molar-refractivity contribution in [2.45, 2.75) is 25.6 Å². The number of carbonyl (C=O) groups excluding carboxylic acids is 2. The number of nitrogens with one attached hydrogen (secondary N) is 2. The van der Waals surface area contributed by atoms with Crippen molar-refractivity contribution < 1.29 is 14.3 Å². The molecular formula is C13H14N2O3. The Morgan fingerprint density at radius 3 is 2.83 bits per heavy atom. The van der Waals surface area contributed by atoms with Gasteiger partial charge in [-0.25, -0.2) is 4.79 Å². The molecular weight excluding hydrogens is 232 g/mol. The molecule has 5 nitrogen and oxygen atoms in total. The molecule has 3 unspecified atom stereocenters. The molecule has 2 bridgehead atoms. The van der Waals surface area contributed by atoms with E-state index in [0.717, 1.165) is 5.56 Å². The fourth-order valence-corrected chi connectivity index (χ4v) is 2.91. The minimum atomic E-state index is -0.979. The zero-order chi connectivity index (χ0) is 12.9. The van der Waals surface area contributed by atoms with Gasteiger partial charge in [-0.15, -0.1) is 0 Å². The monoisotopic (exact) mass is 246 g/mol. The first-order chi connectivity index (χ1) is 8.51. The fraction of sp³-hybridized carbons (Fsp3) is 0.385. The summed E-state index contributed by atoms with van der Waals surface area (Å²) in [6, 6.07) is 6.82. The molecule has 1 fully saturated rings. The van der Waals surface area contributed by atoms with Crippen molar-refractivity contribution in [1.29, 1.82) is 0 Å². The molecule has 2 heterocycles. The molecule has 0 aromatic heterocycles. The third-order valence-electron chi connectivity index (χ3n) is 3.59. The summed E-state index contributed by atoms with van der Waals surface area (Å²) in [6.45, 7) is 3.26. The van der Waals surface area contributed by atoms with Gasteiger partial charge < -0.3 is 10.1 Å². The van der Waals surface area contributed by atoms with Crippen molar-refractivity contribution >= 4 is 11.8 Å². The van der Waals surface area contributed by atoms with Gasteiger partial charge in [-0.2, -0.15) is 0 Å². The van der Waals surface area contributed by atoms with E-state index in [4.69, 9.17) is 4.74 Å². The Morgan fingerprint density at radius 2 is 2.11 bits per heavy atom. The van der Waals surface area contributed by atoms with Crippen LogP contribution in [0.5, 0.6) is 5.75 Å². The number of carbonyl (C=O) groups is 2. The van der Waals surface area contributed by atoms with Crippen molar-refractivity contribution in [2.24, 2.45) is 5.92 Å². The summed E-state index contributed by atoms with van der Waals surface area (Å²) in [7, 11) is 0. The Hall–Kier alpha value is -2.04. The van der Waals surface area contributed by atoms with Gasteiger partial charge in [-0.1, -0.05) is 18.2 Å². The minimum absolute atomic E-state index is 0.00972. The molecule has 18 heavy (non-hydrogen) atoms. The molecule has 0 radical (unpaired) electrons. The van der Waals surface area contributed by atoms with E-state index in [-0.39, 0.29) is 17.9 Å². The summed E-state index contributed by atoms with van der Waals surface area (Å²) in [5, 5.41) is 5.51. The van der Waals surface area contributed by atoms with E-state index in [1.807, 2.05) is 24.3 Å². The van der Waals surface area contributed by atoms with Gasteiger partial charge in [0, 0.05) is 5.56 Å². The number of benzene rings is 1. The average molecular weight is 246 g/mol. The lowest BCUT2D eigenvalue weighted by molar-refractivity contribution is -0.134. The van der Waals surface area contributed by atoms with E-state index in [1.165, 1.54) is 6.92 Å². The first-order valence-electron chi connectivity index (χ1n) is 5.88. The lowest BCUT2D eigenvalue weighted by Crippen LogP contribution is -2.69. The number of urea groups is 1. The second-order valence-electron chi connectivity index (χ2n) is 4.91. The molecule has 2 N–H and O–H groups in total. The third-order valence-corrected chi connectivity index (χ3v) is 3.59. The van der Waals surface area contributed by atoms with Crippen molar-refractivity contribution in [3.8, 4) is 5.75 Å². The number of hydrogen-bond donors (Lipinski definition) is 2. The van der Waals surface area contributed by atoms with Gasteiger partial charge in [0.05, 0.1) is 6.04 Å². The van der Waals surface area contributed by atoms with Crippen molar-refractivity contribution in [1.82, 2.24) is 10.6 Å². The van der Waals surface area contributed by atoms with Crippen molar-refractivity contribution in [3.05, 3.63) is 29.8 Å². The van der Waals surface area contributed by atoms with Gasteiger partial charge in [0.25, 0.3) is 0 Å². The first kappa shape index (κ1) is 11.1. The largest absolute Gasteiger partial charge is 0.467 e. The number of ketones is 1. The molecule has 2 aliphatic heterocycles. The predicted octanol–water partition coefficient (Wildman–Crippen LogP) is 1.35. The Labute approximate surface area is 105 Å². The van der Waals surface area contributed by atoms with Gasteiger partial charge in [0.2, 0.25) is 0 Å². The predicted molar refractivity (Wildman–Crippen MR) is 64.1 cm³/mol. The van der Waals surface area contributed by atoms with Gasteiger partial charge in [-0.3, -0.25) is 10.1 Å². The standard InChI is InChI=1S/C13H14N2O3/c1-7(16)10-11-8-5-3-4-6-9(8)18-13(10,2)15-12(17)14-11/h3-6,10-11H,1-2H3,(H2,14,15,17). The summed E-state index contributed by atoms with van der Waals surface area (Å²) >= 11 is 0. The summed E-state index contributed by atoms with van der Waals surface area (Å²) in [4.78, 5) is 23.5. The van der Waals surface area contributed by atoms with Crippen LogP contribution in [0.15, 0.2) is 24.3 Å². The van der Waals surface area contributed by atoms with E-state index in [0.29, 0.717) is 5.75 Å². The van der Waals surface area contributed by atoms with Crippen molar-refractivity contribution in [3.63, 3.8) is 0 Å². The Kier molecular flexibility index (Phi) is 2.14.